The third-order valence-corrected chi connectivity index (χ3v) is 5.12. The molecule has 2 amide bonds. The second-order valence-corrected chi connectivity index (χ2v) is 8.36. The van der Waals surface area contributed by atoms with Crippen LogP contribution in [0.15, 0.2) is 59.1 Å². The maximum atomic E-state index is 13.0. The average Bonchev–Trinajstić information content (AvgIpc) is 2.70. The van der Waals surface area contributed by atoms with Crippen LogP contribution in [0.25, 0.3) is 0 Å². The lowest BCUT2D eigenvalue weighted by Gasteiger charge is -2.29. The van der Waals surface area contributed by atoms with Crippen LogP contribution in [0.4, 0.5) is 0 Å². The van der Waals surface area contributed by atoms with Crippen molar-refractivity contribution in [2.24, 2.45) is 5.92 Å². The van der Waals surface area contributed by atoms with Gasteiger partial charge in [0, 0.05) is 24.0 Å². The van der Waals surface area contributed by atoms with Crippen LogP contribution in [-0.2, 0) is 22.6 Å². The summed E-state index contributed by atoms with van der Waals surface area (Å²) in [6.45, 7) is 6.92. The third kappa shape index (κ3) is 7.12. The first-order chi connectivity index (χ1) is 13.4. The molecule has 0 saturated carbocycles. The lowest BCUT2D eigenvalue weighted by atomic mass is 10.1. The average molecular weight is 445 g/mol. The van der Waals surface area contributed by atoms with E-state index in [-0.39, 0.29) is 11.8 Å². The molecular weight excluding hydrogens is 416 g/mol. The summed E-state index contributed by atoms with van der Waals surface area (Å²) in [7, 11) is 0. The zero-order chi connectivity index (χ0) is 20.5. The van der Waals surface area contributed by atoms with Crippen LogP contribution in [0.5, 0.6) is 0 Å². The number of halogens is 1. The minimum atomic E-state index is -0.523. The molecule has 0 aliphatic rings. The van der Waals surface area contributed by atoms with Crippen molar-refractivity contribution in [2.75, 3.05) is 6.54 Å². The number of rotatable bonds is 9. The van der Waals surface area contributed by atoms with Crippen molar-refractivity contribution in [3.05, 3.63) is 70.2 Å². The second kappa shape index (κ2) is 11.0. The summed E-state index contributed by atoms with van der Waals surface area (Å²) in [6.07, 6.45) is 1.04. The second-order valence-electron chi connectivity index (χ2n) is 7.45. The molecule has 0 bridgehead atoms. The molecule has 0 spiro atoms. The van der Waals surface area contributed by atoms with Crippen molar-refractivity contribution in [2.45, 2.75) is 46.2 Å². The Bertz CT molecular complexity index is 760. The number of hydrogen-bond donors (Lipinski definition) is 1. The van der Waals surface area contributed by atoms with E-state index < -0.39 is 6.04 Å². The molecule has 0 radical (unpaired) electrons. The van der Waals surface area contributed by atoms with Crippen LogP contribution < -0.4 is 5.32 Å². The Morgan fingerprint density at radius 3 is 2.21 bits per heavy atom. The predicted octanol–water partition coefficient (Wildman–Crippen LogP) is 4.57. The van der Waals surface area contributed by atoms with Gasteiger partial charge in [0.25, 0.3) is 0 Å². The van der Waals surface area contributed by atoms with Crippen molar-refractivity contribution in [1.82, 2.24) is 10.2 Å². The molecule has 0 aliphatic carbocycles. The summed E-state index contributed by atoms with van der Waals surface area (Å²) in [5.41, 5.74) is 2.12. The number of aryl methyl sites for hydroxylation is 1. The highest BCUT2D eigenvalue weighted by molar-refractivity contribution is 9.10. The van der Waals surface area contributed by atoms with E-state index in [0.717, 1.165) is 15.6 Å². The van der Waals surface area contributed by atoms with Gasteiger partial charge in [-0.25, -0.2) is 0 Å². The first-order valence-electron chi connectivity index (χ1n) is 9.72. The molecule has 0 saturated heterocycles. The lowest BCUT2D eigenvalue weighted by Crippen LogP contribution is -2.48. The molecule has 0 fully saturated rings. The van der Waals surface area contributed by atoms with Crippen molar-refractivity contribution >= 4 is 27.7 Å². The largest absolute Gasteiger partial charge is 0.354 e. The Balaban J connectivity index is 2.10. The number of nitrogens with one attached hydrogen (secondary N) is 1. The quantitative estimate of drug-likeness (QED) is 0.615. The number of carbonyl (C=O) groups is 2. The summed E-state index contributed by atoms with van der Waals surface area (Å²) in [4.78, 5) is 27.3. The number of amides is 2. The first kappa shape index (κ1) is 22.2. The van der Waals surface area contributed by atoms with E-state index in [1.807, 2.05) is 54.6 Å². The fourth-order valence-corrected chi connectivity index (χ4v) is 3.13. The highest BCUT2D eigenvalue weighted by Gasteiger charge is 2.25. The number of hydrogen-bond acceptors (Lipinski definition) is 2. The molecule has 1 N–H and O–H groups in total. The summed E-state index contributed by atoms with van der Waals surface area (Å²) in [6, 6.07) is 17.3. The summed E-state index contributed by atoms with van der Waals surface area (Å²) in [5.74, 6) is 0.239. The van der Waals surface area contributed by atoms with Gasteiger partial charge in [-0.1, -0.05) is 72.2 Å². The molecule has 0 aromatic heterocycles. The van der Waals surface area contributed by atoms with Gasteiger partial charge in [0.15, 0.2) is 0 Å². The first-order valence-corrected chi connectivity index (χ1v) is 10.5. The minimum absolute atomic E-state index is 0.0148. The Hall–Kier alpha value is -2.14. The SMILES string of the molecule is CC(C)CNC(=O)C(C)N(Cc1ccc(Br)cc1)C(=O)CCc1ccccc1. The van der Waals surface area contributed by atoms with Crippen LogP contribution in [0.2, 0.25) is 0 Å². The van der Waals surface area contributed by atoms with Crippen molar-refractivity contribution in [3.8, 4) is 0 Å². The van der Waals surface area contributed by atoms with Gasteiger partial charge in [-0.05, 0) is 42.5 Å². The van der Waals surface area contributed by atoms with Crippen LogP contribution in [0.1, 0.15) is 38.3 Å². The highest BCUT2D eigenvalue weighted by Crippen LogP contribution is 2.16. The van der Waals surface area contributed by atoms with Crippen LogP contribution in [0, 0.1) is 5.92 Å². The van der Waals surface area contributed by atoms with Gasteiger partial charge in [-0.15, -0.1) is 0 Å². The Labute approximate surface area is 176 Å². The molecule has 1 unspecified atom stereocenters. The van der Waals surface area contributed by atoms with Gasteiger partial charge < -0.3 is 10.2 Å². The molecule has 2 aromatic carbocycles. The molecule has 5 heteroatoms. The van der Waals surface area contributed by atoms with E-state index in [9.17, 15) is 9.59 Å². The molecule has 150 valence electrons. The van der Waals surface area contributed by atoms with Gasteiger partial charge in [0.05, 0.1) is 0 Å². The third-order valence-electron chi connectivity index (χ3n) is 4.59. The summed E-state index contributed by atoms with van der Waals surface area (Å²) < 4.78 is 0.987. The van der Waals surface area contributed by atoms with Gasteiger partial charge in [0.1, 0.15) is 6.04 Å². The minimum Gasteiger partial charge on any atom is -0.354 e. The number of benzene rings is 2. The zero-order valence-electron chi connectivity index (χ0n) is 16.8. The van der Waals surface area contributed by atoms with E-state index in [0.29, 0.717) is 31.8 Å². The maximum absolute atomic E-state index is 13.0. The smallest absolute Gasteiger partial charge is 0.242 e. The van der Waals surface area contributed by atoms with Crippen LogP contribution in [-0.4, -0.2) is 29.3 Å². The van der Waals surface area contributed by atoms with Crippen molar-refractivity contribution in [3.63, 3.8) is 0 Å². The van der Waals surface area contributed by atoms with E-state index in [4.69, 9.17) is 0 Å². The van der Waals surface area contributed by atoms with E-state index in [2.05, 4.69) is 35.1 Å². The Morgan fingerprint density at radius 2 is 1.61 bits per heavy atom. The van der Waals surface area contributed by atoms with E-state index >= 15 is 0 Å². The molecular formula is C23H29BrN2O2. The number of carbonyl (C=O) groups excluding carboxylic acids is 2. The van der Waals surface area contributed by atoms with E-state index in [1.54, 1.807) is 11.8 Å². The Morgan fingerprint density at radius 1 is 0.964 bits per heavy atom. The standard InChI is InChI=1S/C23H29BrN2O2/c1-17(2)15-25-23(28)18(3)26(16-20-9-12-21(24)13-10-20)22(27)14-11-19-7-5-4-6-8-19/h4-10,12-13,17-18H,11,14-16H2,1-3H3,(H,25,28). The highest BCUT2D eigenvalue weighted by atomic mass is 79.9. The van der Waals surface area contributed by atoms with Crippen LogP contribution >= 0.6 is 15.9 Å². The molecule has 28 heavy (non-hydrogen) atoms. The fourth-order valence-electron chi connectivity index (χ4n) is 2.86. The van der Waals surface area contributed by atoms with Crippen LogP contribution in [0.3, 0.4) is 0 Å². The van der Waals surface area contributed by atoms with Crippen molar-refractivity contribution in [1.29, 1.82) is 0 Å². The Kier molecular flexibility index (Phi) is 8.71. The normalized spacial score (nSPS) is 11.9. The number of nitrogens with zero attached hydrogens (tertiary/aromatic N) is 1. The monoisotopic (exact) mass is 444 g/mol. The topological polar surface area (TPSA) is 49.4 Å². The molecule has 4 nitrogen and oxygen atoms in total. The van der Waals surface area contributed by atoms with Gasteiger partial charge in [-0.2, -0.15) is 0 Å². The lowest BCUT2D eigenvalue weighted by molar-refractivity contribution is -0.140. The van der Waals surface area contributed by atoms with Gasteiger partial charge in [-0.3, -0.25) is 9.59 Å². The molecule has 2 rings (SSSR count). The fraction of sp³-hybridized carbons (Fsp3) is 0.391. The molecule has 0 heterocycles. The van der Waals surface area contributed by atoms with E-state index in [1.165, 1.54) is 0 Å². The molecule has 2 aromatic rings. The van der Waals surface area contributed by atoms with Gasteiger partial charge >= 0.3 is 0 Å². The summed E-state index contributed by atoms with van der Waals surface area (Å²) >= 11 is 3.43. The zero-order valence-corrected chi connectivity index (χ0v) is 18.4. The van der Waals surface area contributed by atoms with Gasteiger partial charge in [0.2, 0.25) is 11.8 Å². The van der Waals surface area contributed by atoms with Crippen molar-refractivity contribution < 1.29 is 9.59 Å². The molecule has 0 aliphatic heterocycles. The summed E-state index contributed by atoms with van der Waals surface area (Å²) in [5, 5.41) is 2.95. The molecule has 1 atom stereocenters. The predicted molar refractivity (Wildman–Crippen MR) is 117 cm³/mol. The maximum Gasteiger partial charge on any atom is 0.242 e.